The molecule has 0 aliphatic rings. The molecule has 0 radical (unpaired) electrons. The van der Waals surface area contributed by atoms with Crippen LogP contribution in [-0.2, 0) is 17.9 Å². The molecule has 0 saturated carbocycles. The van der Waals surface area contributed by atoms with Gasteiger partial charge in [0, 0.05) is 6.54 Å². The largest absolute Gasteiger partial charge is 0.493 e. The van der Waals surface area contributed by atoms with Gasteiger partial charge in [-0.25, -0.2) is 4.98 Å². The molecule has 0 spiro atoms. The molecule has 3 rings (SSSR count). The highest BCUT2D eigenvalue weighted by atomic mass is 16.5. The lowest BCUT2D eigenvalue weighted by molar-refractivity contribution is -0.109. The number of allylic oxidation sites excluding steroid dienone is 1. The Balaban J connectivity index is 1.58. The van der Waals surface area contributed by atoms with Crippen molar-refractivity contribution in [3.8, 4) is 11.5 Å². The predicted octanol–water partition coefficient (Wildman–Crippen LogP) is 4.18. The van der Waals surface area contributed by atoms with E-state index >= 15 is 0 Å². The molecular weight excluding hydrogens is 366 g/mol. The highest BCUT2D eigenvalue weighted by Crippen LogP contribution is 2.28. The number of hydrogen-bond donors (Lipinski definition) is 1. The smallest absolute Gasteiger partial charge is 0.207 e. The van der Waals surface area contributed by atoms with Crippen molar-refractivity contribution in [1.82, 2.24) is 14.9 Å². The number of unbranched alkanes of at least 4 members (excludes halogenated alkanes) is 1. The monoisotopic (exact) mass is 393 g/mol. The number of benzene rings is 2. The lowest BCUT2D eigenvalue weighted by atomic mass is 10.2. The van der Waals surface area contributed by atoms with Crippen LogP contribution in [0.25, 0.3) is 17.1 Å². The molecule has 1 N–H and O–H groups in total. The number of amides is 1. The summed E-state index contributed by atoms with van der Waals surface area (Å²) in [6.45, 7) is 3.83. The second-order valence-electron chi connectivity index (χ2n) is 6.63. The fourth-order valence-electron chi connectivity index (χ4n) is 3.30. The molecule has 1 amide bonds. The van der Waals surface area contributed by atoms with Crippen LogP contribution in [0.2, 0.25) is 0 Å². The van der Waals surface area contributed by atoms with E-state index in [9.17, 15) is 4.79 Å². The molecule has 1 heterocycles. The van der Waals surface area contributed by atoms with Gasteiger partial charge < -0.3 is 19.4 Å². The maximum absolute atomic E-state index is 10.7. The highest BCUT2D eigenvalue weighted by molar-refractivity contribution is 5.75. The Hall–Kier alpha value is -3.28. The van der Waals surface area contributed by atoms with Gasteiger partial charge in [-0.2, -0.15) is 0 Å². The summed E-state index contributed by atoms with van der Waals surface area (Å²) in [6, 6.07) is 14.0. The van der Waals surface area contributed by atoms with E-state index in [-0.39, 0.29) is 0 Å². The number of rotatable bonds is 11. The van der Waals surface area contributed by atoms with E-state index in [1.54, 1.807) is 7.11 Å². The first-order chi connectivity index (χ1) is 14.3. The van der Waals surface area contributed by atoms with Crippen molar-refractivity contribution in [2.24, 2.45) is 0 Å². The van der Waals surface area contributed by atoms with Gasteiger partial charge in [0.05, 0.1) is 31.3 Å². The first-order valence-corrected chi connectivity index (χ1v) is 9.81. The molecule has 152 valence electrons. The van der Waals surface area contributed by atoms with Crippen molar-refractivity contribution in [2.75, 3.05) is 13.7 Å². The number of ether oxygens (including phenoxy) is 2. The molecule has 1 aromatic heterocycles. The molecule has 0 bridgehead atoms. The summed E-state index contributed by atoms with van der Waals surface area (Å²) in [6.07, 6.45) is 6.56. The quantitative estimate of drug-likeness (QED) is 0.392. The Kier molecular flexibility index (Phi) is 7.28. The fourth-order valence-corrected chi connectivity index (χ4v) is 3.30. The predicted molar refractivity (Wildman–Crippen MR) is 115 cm³/mol. The SMILES string of the molecule is CC=Cc1ccc(OCCCCn2c(CNC=O)nc3ccccc32)c(OC)c1. The topological polar surface area (TPSA) is 65.4 Å². The average Bonchev–Trinajstić information content (AvgIpc) is 3.10. The van der Waals surface area contributed by atoms with Gasteiger partial charge in [0.25, 0.3) is 0 Å². The van der Waals surface area contributed by atoms with Gasteiger partial charge in [0.15, 0.2) is 11.5 Å². The second-order valence-corrected chi connectivity index (χ2v) is 6.63. The van der Waals surface area contributed by atoms with Crippen molar-refractivity contribution >= 4 is 23.5 Å². The number of nitrogens with one attached hydrogen (secondary N) is 1. The second kappa shape index (κ2) is 10.3. The van der Waals surface area contributed by atoms with Crippen molar-refractivity contribution in [3.05, 3.63) is 59.9 Å². The Bertz CT molecular complexity index is 979. The average molecular weight is 393 g/mol. The zero-order valence-corrected chi connectivity index (χ0v) is 16.9. The Labute approximate surface area is 171 Å². The summed E-state index contributed by atoms with van der Waals surface area (Å²) in [7, 11) is 1.65. The fraction of sp³-hybridized carbons (Fsp3) is 0.304. The summed E-state index contributed by atoms with van der Waals surface area (Å²) in [5.41, 5.74) is 3.11. The summed E-state index contributed by atoms with van der Waals surface area (Å²) in [5.74, 6) is 2.36. The van der Waals surface area contributed by atoms with Crippen LogP contribution in [0.4, 0.5) is 0 Å². The van der Waals surface area contributed by atoms with Crippen molar-refractivity contribution < 1.29 is 14.3 Å². The van der Waals surface area contributed by atoms with Crippen LogP contribution in [0.15, 0.2) is 48.5 Å². The number of methoxy groups -OCH3 is 1. The molecular formula is C23H27N3O3. The van der Waals surface area contributed by atoms with Crippen LogP contribution < -0.4 is 14.8 Å². The third-order valence-electron chi connectivity index (χ3n) is 4.66. The standard InChI is InChI=1S/C23H27N3O3/c1-3-8-18-11-12-21(22(15-18)28-2)29-14-7-6-13-26-20-10-5-4-9-19(20)25-23(26)16-24-17-27/h3-5,8-12,15,17H,6-7,13-14,16H2,1-2H3,(H,24,27). The molecule has 6 heteroatoms. The van der Waals surface area contributed by atoms with E-state index in [0.717, 1.165) is 53.3 Å². The zero-order valence-electron chi connectivity index (χ0n) is 16.9. The van der Waals surface area contributed by atoms with Gasteiger partial charge in [0.2, 0.25) is 6.41 Å². The third kappa shape index (κ3) is 5.16. The molecule has 0 aliphatic heterocycles. The van der Waals surface area contributed by atoms with Gasteiger partial charge in [-0.05, 0) is 49.6 Å². The van der Waals surface area contributed by atoms with E-state index in [0.29, 0.717) is 19.6 Å². The minimum absolute atomic E-state index is 0.421. The summed E-state index contributed by atoms with van der Waals surface area (Å²) in [4.78, 5) is 15.3. The number of carbonyl (C=O) groups excluding carboxylic acids is 1. The molecule has 0 atom stereocenters. The first-order valence-electron chi connectivity index (χ1n) is 9.81. The van der Waals surface area contributed by atoms with E-state index < -0.39 is 0 Å². The highest BCUT2D eigenvalue weighted by Gasteiger charge is 2.10. The number of fused-ring (bicyclic) bond motifs is 1. The molecule has 29 heavy (non-hydrogen) atoms. The zero-order chi connectivity index (χ0) is 20.5. The summed E-state index contributed by atoms with van der Waals surface area (Å²) < 4.78 is 13.5. The summed E-state index contributed by atoms with van der Waals surface area (Å²) in [5, 5.41) is 2.71. The van der Waals surface area contributed by atoms with E-state index in [1.807, 2.05) is 55.5 Å². The van der Waals surface area contributed by atoms with Gasteiger partial charge in [-0.3, -0.25) is 4.79 Å². The van der Waals surface area contributed by atoms with Crippen LogP contribution in [0, 0.1) is 0 Å². The van der Waals surface area contributed by atoms with Gasteiger partial charge in [-0.15, -0.1) is 0 Å². The Morgan fingerprint density at radius 1 is 1.14 bits per heavy atom. The minimum Gasteiger partial charge on any atom is -0.493 e. The number of aryl methyl sites for hydroxylation is 1. The van der Waals surface area contributed by atoms with E-state index in [1.165, 1.54) is 0 Å². The normalized spacial score (nSPS) is 11.1. The number of nitrogens with zero attached hydrogens (tertiary/aromatic N) is 2. The lowest BCUT2D eigenvalue weighted by Gasteiger charge is -2.12. The number of aromatic nitrogens is 2. The van der Waals surface area contributed by atoms with Gasteiger partial charge in [-0.1, -0.05) is 30.4 Å². The van der Waals surface area contributed by atoms with Gasteiger partial charge in [0.1, 0.15) is 5.82 Å². The Morgan fingerprint density at radius 3 is 2.79 bits per heavy atom. The lowest BCUT2D eigenvalue weighted by Crippen LogP contribution is -2.15. The van der Waals surface area contributed by atoms with Gasteiger partial charge >= 0.3 is 0 Å². The van der Waals surface area contributed by atoms with Crippen LogP contribution in [0.3, 0.4) is 0 Å². The van der Waals surface area contributed by atoms with Crippen LogP contribution >= 0.6 is 0 Å². The molecule has 0 saturated heterocycles. The van der Waals surface area contributed by atoms with Crippen molar-refractivity contribution in [2.45, 2.75) is 32.9 Å². The Morgan fingerprint density at radius 2 is 2.00 bits per heavy atom. The molecule has 6 nitrogen and oxygen atoms in total. The summed E-state index contributed by atoms with van der Waals surface area (Å²) >= 11 is 0. The van der Waals surface area contributed by atoms with Crippen LogP contribution in [-0.4, -0.2) is 29.7 Å². The first kappa shape index (κ1) is 20.5. The maximum Gasteiger partial charge on any atom is 0.207 e. The molecule has 3 aromatic rings. The van der Waals surface area contributed by atoms with Crippen LogP contribution in [0.1, 0.15) is 31.2 Å². The van der Waals surface area contributed by atoms with E-state index in [2.05, 4.69) is 20.9 Å². The molecule has 0 aliphatic carbocycles. The number of para-hydroxylation sites is 2. The third-order valence-corrected chi connectivity index (χ3v) is 4.66. The minimum atomic E-state index is 0.421. The van der Waals surface area contributed by atoms with Crippen molar-refractivity contribution in [1.29, 1.82) is 0 Å². The molecule has 0 unspecified atom stereocenters. The number of carbonyl (C=O) groups is 1. The number of hydrogen-bond acceptors (Lipinski definition) is 4. The van der Waals surface area contributed by atoms with E-state index in [4.69, 9.17) is 9.47 Å². The van der Waals surface area contributed by atoms with Crippen LogP contribution in [0.5, 0.6) is 11.5 Å². The molecule has 2 aromatic carbocycles. The molecule has 0 fully saturated rings. The number of imidazole rings is 1. The maximum atomic E-state index is 10.7. The van der Waals surface area contributed by atoms with Crippen molar-refractivity contribution in [3.63, 3.8) is 0 Å².